The number of rotatable bonds is 5. The monoisotopic (exact) mass is 181 g/mol. The molecule has 0 aliphatic carbocycles. The van der Waals surface area contributed by atoms with E-state index in [1.807, 2.05) is 24.3 Å². The lowest BCUT2D eigenvalue weighted by atomic mass is 10.2. The first-order valence-electron chi connectivity index (χ1n) is 4.19. The van der Waals surface area contributed by atoms with Crippen LogP contribution in [0.2, 0.25) is 0 Å². The fourth-order valence-electron chi connectivity index (χ4n) is 1.04. The highest BCUT2D eigenvalue weighted by molar-refractivity contribution is 5.26. The van der Waals surface area contributed by atoms with Gasteiger partial charge >= 0.3 is 0 Å². The Morgan fingerprint density at radius 1 is 1.15 bits per heavy atom. The van der Waals surface area contributed by atoms with E-state index in [-0.39, 0.29) is 0 Å². The van der Waals surface area contributed by atoms with E-state index in [2.05, 4.69) is 5.32 Å². The Balaban J connectivity index is 2.40. The molecular weight excluding hydrogens is 166 g/mol. The molecule has 0 saturated carbocycles. The maximum Gasteiger partial charge on any atom is 0.118 e. The average molecular weight is 181 g/mol. The number of methoxy groups -OCH3 is 2. The van der Waals surface area contributed by atoms with Gasteiger partial charge in [0, 0.05) is 13.7 Å². The molecule has 0 heterocycles. The van der Waals surface area contributed by atoms with Crippen LogP contribution in [0.15, 0.2) is 24.3 Å². The van der Waals surface area contributed by atoms with E-state index in [1.54, 1.807) is 14.2 Å². The number of benzene rings is 1. The zero-order valence-electron chi connectivity index (χ0n) is 8.04. The molecule has 0 aliphatic heterocycles. The van der Waals surface area contributed by atoms with Gasteiger partial charge in [-0.2, -0.15) is 0 Å². The van der Waals surface area contributed by atoms with Gasteiger partial charge in [-0.1, -0.05) is 12.1 Å². The first-order valence-corrected chi connectivity index (χ1v) is 4.19. The van der Waals surface area contributed by atoms with E-state index in [1.165, 1.54) is 5.56 Å². The second-order valence-electron chi connectivity index (χ2n) is 2.71. The molecule has 3 heteroatoms. The molecule has 0 radical (unpaired) electrons. The highest BCUT2D eigenvalue weighted by Crippen LogP contribution is 2.10. The second kappa shape index (κ2) is 5.56. The van der Waals surface area contributed by atoms with Crippen molar-refractivity contribution in [2.75, 3.05) is 21.0 Å². The van der Waals surface area contributed by atoms with Gasteiger partial charge in [-0.25, -0.2) is 0 Å². The number of hydrogen-bond donors (Lipinski definition) is 1. The fraction of sp³-hybridized carbons (Fsp3) is 0.400. The van der Waals surface area contributed by atoms with Crippen molar-refractivity contribution in [3.63, 3.8) is 0 Å². The Labute approximate surface area is 78.7 Å². The summed E-state index contributed by atoms with van der Waals surface area (Å²) in [6, 6.07) is 7.95. The topological polar surface area (TPSA) is 30.5 Å². The second-order valence-corrected chi connectivity index (χ2v) is 2.71. The predicted octanol–water partition coefficient (Wildman–Crippen LogP) is 1.39. The van der Waals surface area contributed by atoms with Crippen molar-refractivity contribution in [1.82, 2.24) is 5.32 Å². The number of ether oxygens (including phenoxy) is 2. The number of nitrogens with one attached hydrogen (secondary N) is 1. The molecule has 0 bridgehead atoms. The van der Waals surface area contributed by atoms with E-state index in [0.29, 0.717) is 6.73 Å². The van der Waals surface area contributed by atoms with Crippen LogP contribution in [0.5, 0.6) is 5.75 Å². The molecule has 0 fully saturated rings. The van der Waals surface area contributed by atoms with Crippen LogP contribution in [0.1, 0.15) is 5.56 Å². The van der Waals surface area contributed by atoms with Crippen LogP contribution in [0.25, 0.3) is 0 Å². The normalized spacial score (nSPS) is 10.0. The summed E-state index contributed by atoms with van der Waals surface area (Å²) in [5.41, 5.74) is 1.22. The lowest BCUT2D eigenvalue weighted by Gasteiger charge is -2.04. The molecule has 1 rings (SSSR count). The van der Waals surface area contributed by atoms with Crippen LogP contribution in [-0.4, -0.2) is 21.0 Å². The van der Waals surface area contributed by atoms with E-state index < -0.39 is 0 Å². The van der Waals surface area contributed by atoms with Crippen molar-refractivity contribution in [3.8, 4) is 5.75 Å². The maximum absolute atomic E-state index is 5.05. The van der Waals surface area contributed by atoms with Crippen LogP contribution >= 0.6 is 0 Å². The van der Waals surface area contributed by atoms with Crippen molar-refractivity contribution in [2.24, 2.45) is 0 Å². The molecule has 3 nitrogen and oxygen atoms in total. The molecular formula is C10H15NO2. The Hall–Kier alpha value is -1.06. The van der Waals surface area contributed by atoms with Crippen molar-refractivity contribution in [2.45, 2.75) is 6.54 Å². The molecule has 0 saturated heterocycles. The first kappa shape index (κ1) is 10.0. The minimum absolute atomic E-state index is 0.575. The molecule has 0 aliphatic rings. The quantitative estimate of drug-likeness (QED) is 0.550. The van der Waals surface area contributed by atoms with E-state index in [4.69, 9.17) is 9.47 Å². The van der Waals surface area contributed by atoms with Gasteiger partial charge in [-0.3, -0.25) is 5.32 Å². The summed E-state index contributed by atoms with van der Waals surface area (Å²) in [5, 5.41) is 3.13. The Bertz CT molecular complexity index is 233. The zero-order valence-corrected chi connectivity index (χ0v) is 8.04. The van der Waals surface area contributed by atoms with Crippen molar-refractivity contribution >= 4 is 0 Å². The van der Waals surface area contributed by atoms with Gasteiger partial charge in [0.05, 0.1) is 13.8 Å². The molecule has 0 aromatic heterocycles. The summed E-state index contributed by atoms with van der Waals surface area (Å²) in [5.74, 6) is 0.885. The van der Waals surface area contributed by atoms with Gasteiger partial charge in [-0.15, -0.1) is 0 Å². The fourth-order valence-corrected chi connectivity index (χ4v) is 1.04. The van der Waals surface area contributed by atoms with E-state index in [9.17, 15) is 0 Å². The third-order valence-corrected chi connectivity index (χ3v) is 1.73. The third kappa shape index (κ3) is 3.44. The van der Waals surface area contributed by atoms with Gasteiger partial charge in [0.2, 0.25) is 0 Å². The lowest BCUT2D eigenvalue weighted by Crippen LogP contribution is -2.15. The van der Waals surface area contributed by atoms with Crippen LogP contribution in [0, 0.1) is 0 Å². The van der Waals surface area contributed by atoms with Gasteiger partial charge in [0.1, 0.15) is 5.75 Å². The maximum atomic E-state index is 5.05. The Morgan fingerprint density at radius 3 is 2.38 bits per heavy atom. The molecule has 0 amide bonds. The zero-order chi connectivity index (χ0) is 9.52. The summed E-state index contributed by atoms with van der Waals surface area (Å²) < 4.78 is 9.92. The Morgan fingerprint density at radius 2 is 1.85 bits per heavy atom. The minimum Gasteiger partial charge on any atom is -0.497 e. The summed E-state index contributed by atoms with van der Waals surface area (Å²) in [4.78, 5) is 0. The summed E-state index contributed by atoms with van der Waals surface area (Å²) >= 11 is 0. The summed E-state index contributed by atoms with van der Waals surface area (Å²) in [6.07, 6.45) is 0. The van der Waals surface area contributed by atoms with Gasteiger partial charge in [0.15, 0.2) is 0 Å². The molecule has 0 atom stereocenters. The van der Waals surface area contributed by atoms with Crippen LogP contribution in [-0.2, 0) is 11.3 Å². The molecule has 1 aromatic carbocycles. The summed E-state index contributed by atoms with van der Waals surface area (Å²) in [6.45, 7) is 1.39. The third-order valence-electron chi connectivity index (χ3n) is 1.73. The molecule has 13 heavy (non-hydrogen) atoms. The smallest absolute Gasteiger partial charge is 0.118 e. The van der Waals surface area contributed by atoms with Crippen LogP contribution in [0.3, 0.4) is 0 Å². The average Bonchev–Trinajstić information content (AvgIpc) is 2.19. The van der Waals surface area contributed by atoms with Gasteiger partial charge < -0.3 is 9.47 Å². The number of hydrogen-bond acceptors (Lipinski definition) is 3. The van der Waals surface area contributed by atoms with Crippen molar-refractivity contribution < 1.29 is 9.47 Å². The van der Waals surface area contributed by atoms with Gasteiger partial charge in [-0.05, 0) is 17.7 Å². The SMILES string of the molecule is COCNCc1ccc(OC)cc1. The molecule has 72 valence electrons. The first-order chi connectivity index (χ1) is 6.36. The highest BCUT2D eigenvalue weighted by atomic mass is 16.5. The standard InChI is InChI=1S/C10H15NO2/c1-12-8-11-7-9-3-5-10(13-2)6-4-9/h3-6,11H,7-8H2,1-2H3. The lowest BCUT2D eigenvalue weighted by molar-refractivity contribution is 0.174. The largest absolute Gasteiger partial charge is 0.497 e. The summed E-state index contributed by atoms with van der Waals surface area (Å²) in [7, 11) is 3.33. The molecule has 1 N–H and O–H groups in total. The molecule has 0 spiro atoms. The van der Waals surface area contributed by atoms with E-state index >= 15 is 0 Å². The van der Waals surface area contributed by atoms with E-state index in [0.717, 1.165) is 12.3 Å². The predicted molar refractivity (Wildman–Crippen MR) is 51.7 cm³/mol. The van der Waals surface area contributed by atoms with Crippen molar-refractivity contribution in [1.29, 1.82) is 0 Å². The van der Waals surface area contributed by atoms with Crippen LogP contribution < -0.4 is 10.1 Å². The van der Waals surface area contributed by atoms with Crippen LogP contribution in [0.4, 0.5) is 0 Å². The highest BCUT2D eigenvalue weighted by Gasteiger charge is 1.92. The Kier molecular flexibility index (Phi) is 4.29. The molecule has 1 aromatic rings. The van der Waals surface area contributed by atoms with Gasteiger partial charge in [0.25, 0.3) is 0 Å². The minimum atomic E-state index is 0.575. The van der Waals surface area contributed by atoms with Crippen molar-refractivity contribution in [3.05, 3.63) is 29.8 Å². The molecule has 0 unspecified atom stereocenters.